The minimum Gasteiger partial charge on any atom is -0.494 e. The molecule has 0 aliphatic rings. The van der Waals surface area contributed by atoms with Gasteiger partial charge in [0.05, 0.1) is 6.61 Å². The fraction of sp³-hybridized carbons (Fsp3) is 0.455. The van der Waals surface area contributed by atoms with Crippen LogP contribution in [0, 0.1) is 0 Å². The molecule has 0 aliphatic carbocycles. The molecule has 0 heterocycles. The summed E-state index contributed by atoms with van der Waals surface area (Å²) >= 11 is 5.64. The molecule has 0 unspecified atom stereocenters. The van der Waals surface area contributed by atoms with Gasteiger partial charge in [0.1, 0.15) is 5.75 Å². The van der Waals surface area contributed by atoms with Crippen molar-refractivity contribution in [3.8, 4) is 5.75 Å². The molecule has 1 aromatic carbocycles. The minimum atomic E-state index is 0.709. The van der Waals surface area contributed by atoms with E-state index in [4.69, 9.17) is 16.3 Å². The predicted octanol–water partition coefficient (Wildman–Crippen LogP) is 3.26. The number of ether oxygens (including phenoxy) is 1. The lowest BCUT2D eigenvalue weighted by Crippen LogP contribution is -1.96. The fourth-order valence-electron chi connectivity index (χ4n) is 1.26. The number of halogens is 1. The minimum absolute atomic E-state index is 0.709. The Kier molecular flexibility index (Phi) is 4.69. The van der Waals surface area contributed by atoms with Crippen LogP contribution < -0.4 is 4.74 Å². The van der Waals surface area contributed by atoms with Gasteiger partial charge < -0.3 is 4.74 Å². The Morgan fingerprint density at radius 3 is 2.77 bits per heavy atom. The van der Waals surface area contributed by atoms with E-state index in [-0.39, 0.29) is 0 Å². The van der Waals surface area contributed by atoms with Gasteiger partial charge in [0.15, 0.2) is 0 Å². The van der Waals surface area contributed by atoms with E-state index in [0.717, 1.165) is 25.2 Å². The molecule has 0 aliphatic heterocycles. The van der Waals surface area contributed by atoms with Crippen molar-refractivity contribution in [2.45, 2.75) is 19.8 Å². The van der Waals surface area contributed by atoms with Gasteiger partial charge in [-0.3, -0.25) is 0 Å². The van der Waals surface area contributed by atoms with E-state index in [1.165, 1.54) is 5.56 Å². The molecule has 0 aromatic heterocycles. The largest absolute Gasteiger partial charge is 0.494 e. The molecule has 1 nitrogen and oxygen atoms in total. The number of rotatable bonds is 5. The van der Waals surface area contributed by atoms with Crippen molar-refractivity contribution >= 4 is 11.6 Å². The van der Waals surface area contributed by atoms with Crippen molar-refractivity contribution in [3.05, 3.63) is 29.8 Å². The van der Waals surface area contributed by atoms with Gasteiger partial charge in [-0.2, -0.15) is 0 Å². The van der Waals surface area contributed by atoms with E-state index < -0.39 is 0 Å². The second kappa shape index (κ2) is 5.87. The van der Waals surface area contributed by atoms with Gasteiger partial charge in [0, 0.05) is 5.88 Å². The first kappa shape index (κ1) is 10.4. The highest BCUT2D eigenvalue weighted by atomic mass is 35.5. The van der Waals surface area contributed by atoms with Crippen molar-refractivity contribution in [1.82, 2.24) is 0 Å². The first-order valence-electron chi connectivity index (χ1n) is 4.65. The van der Waals surface area contributed by atoms with Crippen molar-refractivity contribution in [2.24, 2.45) is 0 Å². The van der Waals surface area contributed by atoms with Gasteiger partial charge in [-0.15, -0.1) is 11.6 Å². The SMILES string of the molecule is CCOc1ccccc1CCCCl. The Hall–Kier alpha value is -0.690. The summed E-state index contributed by atoms with van der Waals surface area (Å²) in [6.45, 7) is 2.72. The van der Waals surface area contributed by atoms with Gasteiger partial charge in [-0.1, -0.05) is 18.2 Å². The van der Waals surface area contributed by atoms with Gasteiger partial charge in [0.2, 0.25) is 0 Å². The number of hydrogen-bond donors (Lipinski definition) is 0. The van der Waals surface area contributed by atoms with Gasteiger partial charge in [0.25, 0.3) is 0 Å². The Morgan fingerprint density at radius 1 is 1.31 bits per heavy atom. The highest BCUT2D eigenvalue weighted by molar-refractivity contribution is 6.17. The Balaban J connectivity index is 2.66. The van der Waals surface area contributed by atoms with Crippen LogP contribution >= 0.6 is 11.6 Å². The summed E-state index contributed by atoms with van der Waals surface area (Å²) < 4.78 is 5.49. The lowest BCUT2D eigenvalue weighted by Gasteiger charge is -2.08. The summed E-state index contributed by atoms with van der Waals surface area (Å²) in [6.07, 6.45) is 2.01. The van der Waals surface area contributed by atoms with E-state index in [0.29, 0.717) is 5.88 Å². The van der Waals surface area contributed by atoms with E-state index >= 15 is 0 Å². The number of benzene rings is 1. The monoisotopic (exact) mass is 198 g/mol. The first-order valence-corrected chi connectivity index (χ1v) is 5.18. The molecule has 72 valence electrons. The first-order chi connectivity index (χ1) is 6.38. The van der Waals surface area contributed by atoms with Crippen molar-refractivity contribution in [1.29, 1.82) is 0 Å². The third-order valence-corrected chi connectivity index (χ3v) is 2.12. The molecule has 0 saturated heterocycles. The molecule has 0 bridgehead atoms. The van der Waals surface area contributed by atoms with Crippen LogP contribution in [0.2, 0.25) is 0 Å². The average molecular weight is 199 g/mol. The Bertz CT molecular complexity index is 248. The lowest BCUT2D eigenvalue weighted by molar-refractivity contribution is 0.336. The molecule has 0 radical (unpaired) electrons. The molecule has 0 fully saturated rings. The Labute approximate surface area is 84.7 Å². The second-order valence-corrected chi connectivity index (χ2v) is 3.21. The van der Waals surface area contributed by atoms with Crippen molar-refractivity contribution in [2.75, 3.05) is 12.5 Å². The summed E-state index contributed by atoms with van der Waals surface area (Å²) in [5.41, 5.74) is 1.25. The topological polar surface area (TPSA) is 9.23 Å². The highest BCUT2D eigenvalue weighted by Gasteiger charge is 2.00. The van der Waals surface area contributed by atoms with Crippen LogP contribution in [0.15, 0.2) is 24.3 Å². The maximum atomic E-state index is 5.64. The normalized spacial score (nSPS) is 10.0. The molecule has 0 atom stereocenters. The van der Waals surface area contributed by atoms with Crippen LogP contribution in [-0.2, 0) is 6.42 Å². The van der Waals surface area contributed by atoms with Crippen LogP contribution in [-0.4, -0.2) is 12.5 Å². The number of hydrogen-bond acceptors (Lipinski definition) is 1. The number of alkyl halides is 1. The summed E-state index contributed by atoms with van der Waals surface area (Å²) in [6, 6.07) is 8.13. The van der Waals surface area contributed by atoms with E-state index in [1.807, 2.05) is 25.1 Å². The van der Waals surface area contributed by atoms with Crippen LogP contribution in [0.25, 0.3) is 0 Å². The van der Waals surface area contributed by atoms with E-state index in [1.54, 1.807) is 0 Å². The van der Waals surface area contributed by atoms with Crippen LogP contribution in [0.5, 0.6) is 5.75 Å². The Morgan fingerprint density at radius 2 is 2.08 bits per heavy atom. The van der Waals surface area contributed by atoms with Crippen molar-refractivity contribution in [3.63, 3.8) is 0 Å². The number of aryl methyl sites for hydroxylation is 1. The van der Waals surface area contributed by atoms with Gasteiger partial charge >= 0.3 is 0 Å². The number of para-hydroxylation sites is 1. The zero-order chi connectivity index (χ0) is 9.52. The molecular weight excluding hydrogens is 184 g/mol. The third-order valence-electron chi connectivity index (χ3n) is 1.85. The van der Waals surface area contributed by atoms with Crippen LogP contribution in [0.1, 0.15) is 18.9 Å². The molecule has 0 N–H and O–H groups in total. The fourth-order valence-corrected chi connectivity index (χ4v) is 1.40. The lowest BCUT2D eigenvalue weighted by atomic mass is 10.1. The highest BCUT2D eigenvalue weighted by Crippen LogP contribution is 2.19. The zero-order valence-electron chi connectivity index (χ0n) is 7.92. The van der Waals surface area contributed by atoms with Crippen molar-refractivity contribution < 1.29 is 4.74 Å². The standard InChI is InChI=1S/C11H15ClO/c1-2-13-11-8-4-3-6-10(11)7-5-9-12/h3-4,6,8H,2,5,7,9H2,1H3. The molecule has 0 saturated carbocycles. The summed E-state index contributed by atoms with van der Waals surface area (Å²) in [5.74, 6) is 1.70. The smallest absolute Gasteiger partial charge is 0.122 e. The zero-order valence-corrected chi connectivity index (χ0v) is 8.68. The quantitative estimate of drug-likeness (QED) is 0.660. The average Bonchev–Trinajstić information content (AvgIpc) is 2.17. The maximum absolute atomic E-state index is 5.64. The van der Waals surface area contributed by atoms with E-state index in [2.05, 4.69) is 6.07 Å². The molecule has 1 rings (SSSR count). The molecular formula is C11H15ClO. The van der Waals surface area contributed by atoms with Crippen LogP contribution in [0.4, 0.5) is 0 Å². The second-order valence-electron chi connectivity index (χ2n) is 2.83. The van der Waals surface area contributed by atoms with Crippen LogP contribution in [0.3, 0.4) is 0 Å². The predicted molar refractivity (Wildman–Crippen MR) is 56.7 cm³/mol. The molecule has 0 spiro atoms. The van der Waals surface area contributed by atoms with Gasteiger partial charge in [-0.05, 0) is 31.4 Å². The van der Waals surface area contributed by atoms with Gasteiger partial charge in [-0.25, -0.2) is 0 Å². The molecule has 2 heteroatoms. The summed E-state index contributed by atoms with van der Waals surface area (Å²) in [4.78, 5) is 0. The molecule has 0 amide bonds. The summed E-state index contributed by atoms with van der Waals surface area (Å²) in [7, 11) is 0. The summed E-state index contributed by atoms with van der Waals surface area (Å²) in [5, 5.41) is 0. The maximum Gasteiger partial charge on any atom is 0.122 e. The molecule has 13 heavy (non-hydrogen) atoms. The van der Waals surface area contributed by atoms with E-state index in [9.17, 15) is 0 Å². The third kappa shape index (κ3) is 3.27. The molecule has 1 aromatic rings.